The van der Waals surface area contributed by atoms with Crippen LogP contribution in [-0.4, -0.2) is 87.8 Å². The molecule has 2 amide bonds. The van der Waals surface area contributed by atoms with Gasteiger partial charge in [-0.15, -0.1) is 0 Å². The SMILES string of the molecule is O=C([C@H]1C[C@@H](O)CN1C(=O)O)N1CCN(C2CCCC2)CC1. The van der Waals surface area contributed by atoms with Crippen molar-refractivity contribution in [3.05, 3.63) is 0 Å². The van der Waals surface area contributed by atoms with Gasteiger partial charge in [0.2, 0.25) is 5.91 Å². The minimum atomic E-state index is -1.13. The number of aliphatic hydroxyl groups is 1. The highest BCUT2D eigenvalue weighted by Gasteiger charge is 2.41. The van der Waals surface area contributed by atoms with E-state index < -0.39 is 18.2 Å². The Balaban J connectivity index is 1.56. The summed E-state index contributed by atoms with van der Waals surface area (Å²) in [5, 5.41) is 18.8. The molecule has 0 aromatic carbocycles. The number of aliphatic hydroxyl groups excluding tert-OH is 1. The topological polar surface area (TPSA) is 84.3 Å². The second-order valence-corrected chi connectivity index (χ2v) is 6.64. The Bertz CT molecular complexity index is 431. The van der Waals surface area contributed by atoms with Crippen molar-refractivity contribution >= 4 is 12.0 Å². The van der Waals surface area contributed by atoms with Crippen LogP contribution in [0.4, 0.5) is 4.79 Å². The predicted molar refractivity (Wildman–Crippen MR) is 79.6 cm³/mol. The summed E-state index contributed by atoms with van der Waals surface area (Å²) in [6.45, 7) is 3.11. The Morgan fingerprint density at radius 2 is 1.64 bits per heavy atom. The van der Waals surface area contributed by atoms with Crippen LogP contribution in [0.15, 0.2) is 0 Å². The van der Waals surface area contributed by atoms with Crippen LogP contribution in [-0.2, 0) is 4.79 Å². The van der Waals surface area contributed by atoms with E-state index in [2.05, 4.69) is 4.90 Å². The quantitative estimate of drug-likeness (QED) is 0.760. The summed E-state index contributed by atoms with van der Waals surface area (Å²) in [6, 6.07) is -0.0494. The molecule has 0 bridgehead atoms. The molecule has 2 aliphatic heterocycles. The normalized spacial score (nSPS) is 31.0. The first kappa shape index (κ1) is 15.6. The van der Waals surface area contributed by atoms with E-state index >= 15 is 0 Å². The molecule has 0 radical (unpaired) electrons. The van der Waals surface area contributed by atoms with E-state index in [1.165, 1.54) is 25.7 Å². The molecule has 3 aliphatic rings. The average Bonchev–Trinajstić information content (AvgIpc) is 3.16. The predicted octanol–water partition coefficient (Wildman–Crippen LogP) is 0.186. The van der Waals surface area contributed by atoms with Gasteiger partial charge in [0.25, 0.3) is 0 Å². The molecule has 0 unspecified atom stereocenters. The minimum Gasteiger partial charge on any atom is -0.465 e. The number of β-amino-alcohol motifs (C(OH)–C–C–N with tert-alkyl or cyclic N) is 1. The van der Waals surface area contributed by atoms with E-state index in [4.69, 9.17) is 0 Å². The number of carboxylic acid groups (broad SMARTS) is 1. The summed E-state index contributed by atoms with van der Waals surface area (Å²) in [5.74, 6) is -0.148. The van der Waals surface area contributed by atoms with Crippen molar-refractivity contribution in [3.63, 3.8) is 0 Å². The van der Waals surface area contributed by atoms with E-state index in [-0.39, 0.29) is 18.9 Å². The van der Waals surface area contributed by atoms with Crippen LogP contribution in [0.5, 0.6) is 0 Å². The highest BCUT2D eigenvalue weighted by atomic mass is 16.4. The van der Waals surface area contributed by atoms with Crippen molar-refractivity contribution in [3.8, 4) is 0 Å². The first-order valence-electron chi connectivity index (χ1n) is 8.26. The van der Waals surface area contributed by atoms with Gasteiger partial charge in [0.15, 0.2) is 0 Å². The number of amides is 2. The highest BCUT2D eigenvalue weighted by Crippen LogP contribution is 2.25. The molecule has 1 aliphatic carbocycles. The number of hydrogen-bond donors (Lipinski definition) is 2. The van der Waals surface area contributed by atoms with Crippen LogP contribution >= 0.6 is 0 Å². The van der Waals surface area contributed by atoms with E-state index in [1.807, 2.05) is 0 Å². The third-order valence-corrected chi connectivity index (χ3v) is 5.28. The van der Waals surface area contributed by atoms with Crippen molar-refractivity contribution in [2.75, 3.05) is 32.7 Å². The van der Waals surface area contributed by atoms with Crippen molar-refractivity contribution in [2.45, 2.75) is 50.3 Å². The van der Waals surface area contributed by atoms with E-state index in [9.17, 15) is 19.8 Å². The molecule has 3 fully saturated rings. The monoisotopic (exact) mass is 311 g/mol. The first-order valence-corrected chi connectivity index (χ1v) is 8.26. The van der Waals surface area contributed by atoms with Crippen LogP contribution in [0.3, 0.4) is 0 Å². The van der Waals surface area contributed by atoms with Gasteiger partial charge < -0.3 is 15.1 Å². The van der Waals surface area contributed by atoms with E-state index in [1.54, 1.807) is 4.90 Å². The van der Waals surface area contributed by atoms with Crippen LogP contribution in [0.25, 0.3) is 0 Å². The third kappa shape index (κ3) is 3.05. The van der Waals surface area contributed by atoms with Gasteiger partial charge in [0.05, 0.1) is 12.6 Å². The average molecular weight is 311 g/mol. The molecular weight excluding hydrogens is 286 g/mol. The molecule has 22 heavy (non-hydrogen) atoms. The number of nitrogens with zero attached hydrogens (tertiary/aromatic N) is 3. The standard InChI is InChI=1S/C15H25N3O4/c19-12-9-13(18(10-12)15(21)22)14(20)17-7-5-16(6-8-17)11-3-1-2-4-11/h11-13,19H,1-10H2,(H,21,22)/t12-,13-/m1/s1. The van der Waals surface area contributed by atoms with Gasteiger partial charge in [-0.2, -0.15) is 0 Å². The van der Waals surface area contributed by atoms with Gasteiger partial charge >= 0.3 is 6.09 Å². The summed E-state index contributed by atoms with van der Waals surface area (Å²) >= 11 is 0. The molecular formula is C15H25N3O4. The van der Waals surface area contributed by atoms with Crippen LogP contribution in [0, 0.1) is 0 Å². The Morgan fingerprint density at radius 1 is 1.00 bits per heavy atom. The zero-order valence-electron chi connectivity index (χ0n) is 12.9. The summed E-state index contributed by atoms with van der Waals surface area (Å²) in [5.41, 5.74) is 0. The molecule has 2 saturated heterocycles. The van der Waals surface area contributed by atoms with Crippen molar-refractivity contribution in [2.24, 2.45) is 0 Å². The molecule has 1 saturated carbocycles. The van der Waals surface area contributed by atoms with Crippen LogP contribution in [0.2, 0.25) is 0 Å². The summed E-state index contributed by atoms with van der Waals surface area (Å²) in [4.78, 5) is 29.1. The third-order valence-electron chi connectivity index (χ3n) is 5.28. The van der Waals surface area contributed by atoms with Gasteiger partial charge in [0.1, 0.15) is 6.04 Å². The molecule has 2 N–H and O–H groups in total. The van der Waals surface area contributed by atoms with Crippen LogP contribution < -0.4 is 0 Å². The molecule has 0 aromatic rings. The highest BCUT2D eigenvalue weighted by molar-refractivity contribution is 5.86. The van der Waals surface area contributed by atoms with Gasteiger partial charge in [-0.25, -0.2) is 4.79 Å². The Morgan fingerprint density at radius 3 is 2.23 bits per heavy atom. The number of carbonyl (C=O) groups is 2. The number of hydrogen-bond acceptors (Lipinski definition) is 4. The van der Waals surface area contributed by atoms with Crippen molar-refractivity contribution in [1.29, 1.82) is 0 Å². The van der Waals surface area contributed by atoms with Gasteiger partial charge in [0, 0.05) is 38.6 Å². The molecule has 3 rings (SSSR count). The number of rotatable bonds is 2. The molecule has 0 aromatic heterocycles. The molecule has 7 nitrogen and oxygen atoms in total. The number of piperazine rings is 1. The fraction of sp³-hybridized carbons (Fsp3) is 0.867. The second-order valence-electron chi connectivity index (χ2n) is 6.64. The summed E-state index contributed by atoms with van der Waals surface area (Å²) in [7, 11) is 0. The second kappa shape index (κ2) is 6.42. The summed E-state index contributed by atoms with van der Waals surface area (Å²) in [6.07, 6.45) is 3.48. The Hall–Kier alpha value is -1.34. The first-order chi connectivity index (χ1) is 10.6. The maximum Gasteiger partial charge on any atom is 0.408 e. The van der Waals surface area contributed by atoms with Gasteiger partial charge in [-0.1, -0.05) is 12.8 Å². The molecule has 124 valence electrons. The Kier molecular flexibility index (Phi) is 4.54. The lowest BCUT2D eigenvalue weighted by atomic mass is 10.1. The smallest absolute Gasteiger partial charge is 0.408 e. The lowest BCUT2D eigenvalue weighted by molar-refractivity contribution is -0.137. The van der Waals surface area contributed by atoms with Crippen LogP contribution in [0.1, 0.15) is 32.1 Å². The number of likely N-dealkylation sites (tertiary alicyclic amines) is 1. The summed E-state index contributed by atoms with van der Waals surface area (Å²) < 4.78 is 0. The molecule has 2 heterocycles. The number of carbonyl (C=O) groups excluding carboxylic acids is 1. The molecule has 0 spiro atoms. The maximum absolute atomic E-state index is 12.6. The minimum absolute atomic E-state index is 0.0355. The van der Waals surface area contributed by atoms with Gasteiger partial charge in [-0.05, 0) is 12.8 Å². The van der Waals surface area contributed by atoms with Crippen molar-refractivity contribution < 1.29 is 19.8 Å². The van der Waals surface area contributed by atoms with E-state index in [0.29, 0.717) is 19.1 Å². The van der Waals surface area contributed by atoms with Gasteiger partial charge in [-0.3, -0.25) is 14.6 Å². The lowest BCUT2D eigenvalue weighted by Gasteiger charge is -2.39. The lowest BCUT2D eigenvalue weighted by Crippen LogP contribution is -2.55. The maximum atomic E-state index is 12.6. The zero-order chi connectivity index (χ0) is 15.7. The molecule has 2 atom stereocenters. The Labute approximate surface area is 130 Å². The molecule has 7 heteroatoms. The zero-order valence-corrected chi connectivity index (χ0v) is 12.9. The van der Waals surface area contributed by atoms with Crippen molar-refractivity contribution in [1.82, 2.24) is 14.7 Å². The fourth-order valence-corrected chi connectivity index (χ4v) is 4.05. The fourth-order valence-electron chi connectivity index (χ4n) is 4.05. The van der Waals surface area contributed by atoms with E-state index in [0.717, 1.165) is 18.0 Å². The largest absolute Gasteiger partial charge is 0.465 e.